The minimum Gasteiger partial charge on any atom is -0.457 e. The molecule has 5 aromatic rings. The summed E-state index contributed by atoms with van der Waals surface area (Å²) < 4.78 is 5.81. The maximum Gasteiger partial charge on any atom is 0.248 e. The van der Waals surface area contributed by atoms with Crippen LogP contribution in [-0.4, -0.2) is 20.9 Å². The summed E-state index contributed by atoms with van der Waals surface area (Å²) in [5, 5.41) is 12.0. The fourth-order valence-corrected chi connectivity index (χ4v) is 3.64. The largest absolute Gasteiger partial charge is 0.457 e. The molecule has 6 heteroatoms. The fraction of sp³-hybridized carbons (Fsp3) is 0.107. The second-order valence-electron chi connectivity index (χ2n) is 8.33. The molecular weight excluding hydrogens is 424 g/mol. The molecule has 0 fully saturated rings. The lowest BCUT2D eigenvalue weighted by atomic mass is 10.0. The molecule has 2 heterocycles. The smallest absolute Gasteiger partial charge is 0.248 e. The molecule has 1 N–H and O–H groups in total. The third-order valence-corrected chi connectivity index (χ3v) is 5.52. The Morgan fingerprint density at radius 1 is 0.912 bits per heavy atom. The van der Waals surface area contributed by atoms with Crippen LogP contribution in [0.3, 0.4) is 0 Å². The van der Waals surface area contributed by atoms with Crippen LogP contribution in [0.25, 0.3) is 34.1 Å². The summed E-state index contributed by atoms with van der Waals surface area (Å²) in [7, 11) is 0. The van der Waals surface area contributed by atoms with Gasteiger partial charge in [0.2, 0.25) is 5.91 Å². The maximum absolute atomic E-state index is 12.4. The number of furan rings is 1. The lowest BCUT2D eigenvalue weighted by molar-refractivity contribution is -0.111. The van der Waals surface area contributed by atoms with E-state index in [1.54, 1.807) is 10.9 Å². The van der Waals surface area contributed by atoms with Crippen molar-refractivity contribution >= 4 is 28.7 Å². The van der Waals surface area contributed by atoms with E-state index >= 15 is 0 Å². The zero-order valence-electron chi connectivity index (χ0n) is 19.0. The van der Waals surface area contributed by atoms with Gasteiger partial charge in [-0.05, 0) is 60.0 Å². The van der Waals surface area contributed by atoms with Crippen LogP contribution in [0.15, 0.2) is 95.4 Å². The van der Waals surface area contributed by atoms with Crippen LogP contribution < -0.4 is 5.32 Å². The first kappa shape index (κ1) is 21.4. The number of rotatable bonds is 6. The molecule has 5 rings (SSSR count). The quantitative estimate of drug-likeness (QED) is 0.303. The van der Waals surface area contributed by atoms with E-state index in [1.165, 1.54) is 11.6 Å². The minimum atomic E-state index is -0.256. The number of anilines is 1. The number of nitrogens with one attached hydrogen (secondary N) is 1. The van der Waals surface area contributed by atoms with Crippen molar-refractivity contribution < 1.29 is 9.21 Å². The number of amides is 1. The molecule has 168 valence electrons. The molecular formula is C28H24N4O2. The Morgan fingerprint density at radius 2 is 1.68 bits per heavy atom. The van der Waals surface area contributed by atoms with Crippen LogP contribution in [-0.2, 0) is 4.79 Å². The molecule has 0 atom stereocenters. The Bertz CT molecular complexity index is 1460. The molecule has 0 aliphatic rings. The van der Waals surface area contributed by atoms with Gasteiger partial charge in [0.05, 0.1) is 5.69 Å². The minimum absolute atomic E-state index is 0.256. The summed E-state index contributed by atoms with van der Waals surface area (Å²) in [6.45, 7) is 4.33. The molecule has 0 radical (unpaired) electrons. The van der Waals surface area contributed by atoms with E-state index < -0.39 is 0 Å². The maximum atomic E-state index is 12.4. The Hall–Kier alpha value is -4.45. The molecule has 0 unspecified atom stereocenters. The van der Waals surface area contributed by atoms with Crippen LogP contribution >= 0.6 is 0 Å². The van der Waals surface area contributed by atoms with Gasteiger partial charge in [0.1, 0.15) is 22.6 Å². The number of hydrogen-bond acceptors (Lipinski definition) is 4. The molecule has 3 aromatic carbocycles. The van der Waals surface area contributed by atoms with Gasteiger partial charge >= 0.3 is 0 Å². The highest BCUT2D eigenvalue weighted by Gasteiger charge is 2.08. The fourth-order valence-electron chi connectivity index (χ4n) is 3.64. The summed E-state index contributed by atoms with van der Waals surface area (Å²) in [5.74, 6) is 1.58. The van der Waals surface area contributed by atoms with Crippen molar-refractivity contribution in [3.63, 3.8) is 0 Å². The number of fused-ring (bicyclic) bond motifs is 1. The van der Waals surface area contributed by atoms with E-state index in [1.807, 2.05) is 72.8 Å². The first-order valence-corrected chi connectivity index (χ1v) is 11.2. The van der Waals surface area contributed by atoms with Gasteiger partial charge in [0, 0.05) is 17.3 Å². The second kappa shape index (κ2) is 9.19. The van der Waals surface area contributed by atoms with Crippen molar-refractivity contribution in [2.45, 2.75) is 19.8 Å². The van der Waals surface area contributed by atoms with Gasteiger partial charge in [-0.1, -0.05) is 56.3 Å². The lowest BCUT2D eigenvalue weighted by Gasteiger charge is -2.05. The van der Waals surface area contributed by atoms with Gasteiger partial charge in [-0.3, -0.25) is 4.79 Å². The number of aromatic nitrogens is 3. The van der Waals surface area contributed by atoms with Crippen molar-refractivity contribution in [2.24, 2.45) is 0 Å². The Labute approximate surface area is 197 Å². The number of carbonyl (C=O) groups is 1. The number of benzene rings is 3. The van der Waals surface area contributed by atoms with Crippen molar-refractivity contribution in [3.8, 4) is 17.0 Å². The highest BCUT2D eigenvalue weighted by atomic mass is 16.3. The number of carbonyl (C=O) groups excluding carboxylic acids is 1. The summed E-state index contributed by atoms with van der Waals surface area (Å²) in [5.41, 5.74) is 5.25. The van der Waals surface area contributed by atoms with Crippen LogP contribution in [0.4, 0.5) is 5.69 Å². The lowest BCUT2D eigenvalue weighted by Crippen LogP contribution is -2.07. The van der Waals surface area contributed by atoms with Crippen molar-refractivity contribution in [1.29, 1.82) is 0 Å². The molecule has 34 heavy (non-hydrogen) atoms. The first-order valence-electron chi connectivity index (χ1n) is 11.2. The number of nitrogens with zero attached hydrogens (tertiary/aromatic N) is 3. The standard InChI is InChI=1S/C28H24N4O2/c1-19(2)20-8-11-23(12-9-20)32-30-25-15-10-22(18-26(25)31-32)29-28(33)17-14-24-13-16-27(34-24)21-6-4-3-5-7-21/h3-19H,1-2H3,(H,29,33)/b17-14+. The molecule has 0 aliphatic carbocycles. The molecule has 2 aromatic heterocycles. The van der Waals surface area contributed by atoms with E-state index in [0.29, 0.717) is 22.9 Å². The molecule has 1 amide bonds. The van der Waals surface area contributed by atoms with Gasteiger partial charge in [-0.15, -0.1) is 10.2 Å². The van der Waals surface area contributed by atoms with Gasteiger partial charge in [0.15, 0.2) is 0 Å². The summed E-state index contributed by atoms with van der Waals surface area (Å²) in [6.07, 6.45) is 3.10. The van der Waals surface area contributed by atoms with E-state index in [9.17, 15) is 4.79 Å². The predicted octanol–water partition coefficient (Wildman–Crippen LogP) is 6.46. The SMILES string of the molecule is CC(C)c1ccc(-n2nc3ccc(NC(=O)/C=C/c4ccc(-c5ccccc5)o4)cc3n2)cc1. The zero-order valence-corrected chi connectivity index (χ0v) is 19.0. The van der Waals surface area contributed by atoms with Gasteiger partial charge < -0.3 is 9.73 Å². The van der Waals surface area contributed by atoms with E-state index in [2.05, 4.69) is 41.5 Å². The third-order valence-electron chi connectivity index (χ3n) is 5.52. The normalized spacial score (nSPS) is 11.5. The Kier molecular flexibility index (Phi) is 5.79. The summed E-state index contributed by atoms with van der Waals surface area (Å²) in [6, 6.07) is 27.2. The molecule has 0 saturated heterocycles. The van der Waals surface area contributed by atoms with Gasteiger partial charge in [0.25, 0.3) is 0 Å². The summed E-state index contributed by atoms with van der Waals surface area (Å²) in [4.78, 5) is 14.0. The average Bonchev–Trinajstić information content (AvgIpc) is 3.50. The van der Waals surface area contributed by atoms with Gasteiger partial charge in [-0.2, -0.15) is 4.80 Å². The van der Waals surface area contributed by atoms with Crippen LogP contribution in [0, 0.1) is 0 Å². The monoisotopic (exact) mass is 448 g/mol. The van der Waals surface area contributed by atoms with Crippen LogP contribution in [0.5, 0.6) is 0 Å². The van der Waals surface area contributed by atoms with E-state index in [0.717, 1.165) is 22.5 Å². The highest BCUT2D eigenvalue weighted by Crippen LogP contribution is 2.23. The van der Waals surface area contributed by atoms with Crippen molar-refractivity contribution in [1.82, 2.24) is 15.0 Å². The second-order valence-corrected chi connectivity index (χ2v) is 8.33. The predicted molar refractivity (Wildman–Crippen MR) is 135 cm³/mol. The van der Waals surface area contributed by atoms with E-state index in [-0.39, 0.29) is 5.91 Å². The topological polar surface area (TPSA) is 73.0 Å². The van der Waals surface area contributed by atoms with Crippen LogP contribution in [0.1, 0.15) is 31.1 Å². The van der Waals surface area contributed by atoms with Crippen LogP contribution in [0.2, 0.25) is 0 Å². The Morgan fingerprint density at radius 3 is 2.44 bits per heavy atom. The third kappa shape index (κ3) is 4.66. The van der Waals surface area contributed by atoms with E-state index in [4.69, 9.17) is 4.42 Å². The van der Waals surface area contributed by atoms with Crippen molar-refractivity contribution in [2.75, 3.05) is 5.32 Å². The summed E-state index contributed by atoms with van der Waals surface area (Å²) >= 11 is 0. The van der Waals surface area contributed by atoms with Crippen molar-refractivity contribution in [3.05, 3.63) is 102 Å². The highest BCUT2D eigenvalue weighted by molar-refractivity contribution is 6.02. The molecule has 0 aliphatic heterocycles. The average molecular weight is 449 g/mol. The molecule has 0 saturated carbocycles. The first-order chi connectivity index (χ1) is 16.5. The molecule has 6 nitrogen and oxygen atoms in total. The number of hydrogen-bond donors (Lipinski definition) is 1. The molecule has 0 spiro atoms. The zero-order chi connectivity index (χ0) is 23.5. The molecule has 0 bridgehead atoms. The Balaban J connectivity index is 1.27. The van der Waals surface area contributed by atoms with Gasteiger partial charge in [-0.25, -0.2) is 0 Å².